The second kappa shape index (κ2) is 28.7. The van der Waals surface area contributed by atoms with Gasteiger partial charge in [0.15, 0.2) is 5.96 Å². The molecule has 22 heteroatoms. The molecule has 0 aliphatic carbocycles. The summed E-state index contributed by atoms with van der Waals surface area (Å²) in [6.07, 6.45) is 3.84. The zero-order valence-corrected chi connectivity index (χ0v) is 42.2. The lowest BCUT2D eigenvalue weighted by Gasteiger charge is -2.34. The van der Waals surface area contributed by atoms with Crippen LogP contribution in [0.25, 0.3) is 0 Å². The Kier molecular flexibility index (Phi) is 24.3. The quantitative estimate of drug-likeness (QED) is 0.0341. The number of carboxylic acids is 2. The van der Waals surface area contributed by atoms with Gasteiger partial charge in [0.1, 0.15) is 35.9 Å². The van der Waals surface area contributed by atoms with Crippen LogP contribution in [0.1, 0.15) is 86.1 Å². The van der Waals surface area contributed by atoms with Crippen molar-refractivity contribution < 1.29 is 58.1 Å². The molecule has 0 radical (unpaired) electrons. The monoisotopic (exact) mass is 995 g/mol. The van der Waals surface area contributed by atoms with Crippen LogP contribution in [-0.4, -0.2) is 142 Å². The van der Waals surface area contributed by atoms with Crippen LogP contribution in [0.15, 0.2) is 71.4 Å². The molecule has 0 aromatic heterocycles. The maximum absolute atomic E-state index is 14.9. The number of allylic oxidation sites excluding steroid dienone is 2. The molecule has 5 unspecified atom stereocenters. The van der Waals surface area contributed by atoms with Gasteiger partial charge in [-0.2, -0.15) is 0 Å². The van der Waals surface area contributed by atoms with Gasteiger partial charge in [-0.15, -0.1) is 0 Å². The number of methoxy groups -OCH3 is 1. The maximum Gasteiger partial charge on any atom is 0.327 e. The summed E-state index contributed by atoms with van der Waals surface area (Å²) in [5.74, 6) is -14.1. The number of aliphatic imine (C=N–C) groups is 1. The number of carbonyl (C=O) groups is 9. The van der Waals surface area contributed by atoms with E-state index >= 15 is 0 Å². The smallest absolute Gasteiger partial charge is 0.327 e. The Balaban J connectivity index is 2.76. The van der Waals surface area contributed by atoms with Crippen LogP contribution in [-0.2, 0) is 54.3 Å². The lowest BCUT2D eigenvalue weighted by molar-refractivity contribution is -0.162. The van der Waals surface area contributed by atoms with Crippen molar-refractivity contribution in [2.75, 3.05) is 20.7 Å². The van der Waals surface area contributed by atoms with Gasteiger partial charge in [0, 0.05) is 39.1 Å². The molecule has 392 valence electrons. The van der Waals surface area contributed by atoms with Crippen LogP contribution in [0.3, 0.4) is 0 Å². The molecule has 1 aliphatic rings. The molecule has 0 saturated carbocycles. The fourth-order valence-electron chi connectivity index (χ4n) is 7.61. The number of ether oxygens (including phenoxy) is 1. The number of carboxylic acid groups (broad SMARTS) is 2. The third-order valence-corrected chi connectivity index (χ3v) is 12.1. The molecule has 2 rings (SSSR count). The first kappa shape index (κ1) is 60.2. The van der Waals surface area contributed by atoms with Crippen molar-refractivity contribution in [2.24, 2.45) is 45.9 Å². The van der Waals surface area contributed by atoms with E-state index in [-0.39, 0.29) is 49.7 Å². The van der Waals surface area contributed by atoms with Crippen LogP contribution >= 0.6 is 0 Å². The summed E-state index contributed by atoms with van der Waals surface area (Å²) in [6, 6.07) is 0.176. The van der Waals surface area contributed by atoms with Crippen molar-refractivity contribution in [2.45, 2.75) is 129 Å². The van der Waals surface area contributed by atoms with E-state index in [0.29, 0.717) is 11.3 Å². The third kappa shape index (κ3) is 18.7. The van der Waals surface area contributed by atoms with Crippen LogP contribution in [0.5, 0.6) is 0 Å². The predicted molar refractivity (Wildman–Crippen MR) is 264 cm³/mol. The van der Waals surface area contributed by atoms with E-state index in [2.05, 4.69) is 32.8 Å². The van der Waals surface area contributed by atoms with Crippen molar-refractivity contribution in [3.63, 3.8) is 0 Å². The number of rotatable bonds is 17. The number of hydrogen-bond donors (Lipinski definition) is 9. The Labute approximate surface area is 415 Å². The largest absolute Gasteiger partial charge is 0.480 e. The molecule has 0 bridgehead atoms. The molecule has 7 amide bonds. The minimum atomic E-state index is -2.08. The lowest BCUT2D eigenvalue weighted by atomic mass is 9.94. The van der Waals surface area contributed by atoms with E-state index < -0.39 is 120 Å². The molecule has 10 atom stereocenters. The Morgan fingerprint density at radius 3 is 2.10 bits per heavy atom. The fraction of sp³-hybridized carbons (Fsp3) is 0.551. The van der Waals surface area contributed by atoms with Crippen LogP contribution in [0, 0.1) is 23.7 Å². The van der Waals surface area contributed by atoms with Gasteiger partial charge in [-0.3, -0.25) is 43.5 Å². The van der Waals surface area contributed by atoms with Gasteiger partial charge < -0.3 is 58.3 Å². The second-order valence-electron chi connectivity index (χ2n) is 18.3. The number of hydrogen-bond acceptors (Lipinski definition) is 12. The highest BCUT2D eigenvalue weighted by Gasteiger charge is 2.43. The maximum atomic E-state index is 14.9. The summed E-state index contributed by atoms with van der Waals surface area (Å²) in [5.41, 5.74) is 18.9. The highest BCUT2D eigenvalue weighted by Crippen LogP contribution is 2.22. The zero-order chi connectivity index (χ0) is 53.9. The van der Waals surface area contributed by atoms with Gasteiger partial charge in [-0.1, -0.05) is 95.3 Å². The lowest BCUT2D eigenvalue weighted by Crippen LogP contribution is -2.60. The minimum absolute atomic E-state index is 0.00648. The van der Waals surface area contributed by atoms with E-state index in [1.807, 2.05) is 50.3 Å². The number of aliphatic carboxylic acids is 2. The summed E-state index contributed by atoms with van der Waals surface area (Å²) in [4.78, 5) is 129. The molecule has 1 aliphatic heterocycles. The van der Waals surface area contributed by atoms with Crippen LogP contribution in [0.4, 0.5) is 0 Å². The van der Waals surface area contributed by atoms with E-state index in [9.17, 15) is 53.4 Å². The molecule has 1 heterocycles. The number of nitrogens with zero attached hydrogens (tertiary/aromatic N) is 3. The first-order valence-corrected chi connectivity index (χ1v) is 23.5. The molecule has 1 saturated heterocycles. The third-order valence-electron chi connectivity index (χ3n) is 12.1. The average molecular weight is 995 g/mol. The first-order valence-electron chi connectivity index (χ1n) is 23.5. The van der Waals surface area contributed by atoms with Gasteiger partial charge in [-0.05, 0) is 57.4 Å². The molecule has 0 spiro atoms. The van der Waals surface area contributed by atoms with Crippen molar-refractivity contribution in [3.8, 4) is 0 Å². The standard InChI is InChI=1S/C49H74N10O12/c1-26(2)23-36-44(64)57-40(48(69)70)30(6)41(61)55-35(17-14-22-53-49(51)52)46(66)59(37(47(67)68)20-21-39(60)58(9)32(8)43(63)54-31(7)42(62)56-36)45(65)29(5)34(50)19-18-27(3)24-28(4)38(71-10)25-33-15-12-11-13-16-33/h11-13,15-16,18-19,24,26,28-31,34-38,40H,8,14,17,20-23,25,50H2,1-7,9-10H3,(H,54,63)(H,55,61)(H,56,62)(H,57,64)(H,67,68)(H,69,70)(H4,51,52,53)/t28-,29?,30-,31+,34-,35?,36?,37?,38-,40?/m0/s1. The van der Waals surface area contributed by atoms with Crippen LogP contribution in [0.2, 0.25) is 0 Å². The topological polar surface area (TPSA) is 348 Å². The van der Waals surface area contributed by atoms with E-state index in [4.69, 9.17) is 21.9 Å². The first-order chi connectivity index (χ1) is 33.2. The van der Waals surface area contributed by atoms with E-state index in [1.54, 1.807) is 27.0 Å². The van der Waals surface area contributed by atoms with Gasteiger partial charge >= 0.3 is 11.9 Å². The predicted octanol–water partition coefficient (Wildman–Crippen LogP) is 0.700. The summed E-state index contributed by atoms with van der Waals surface area (Å²) in [6.45, 7) is 14.6. The number of guanidine groups is 1. The molecule has 1 fully saturated rings. The fourth-order valence-corrected chi connectivity index (χ4v) is 7.61. The highest BCUT2D eigenvalue weighted by atomic mass is 16.5. The van der Waals surface area contributed by atoms with Crippen molar-refractivity contribution in [1.29, 1.82) is 0 Å². The highest BCUT2D eigenvalue weighted by molar-refractivity contribution is 6.04. The molecule has 1 aromatic carbocycles. The van der Waals surface area contributed by atoms with E-state index in [0.717, 1.165) is 23.0 Å². The van der Waals surface area contributed by atoms with Crippen molar-refractivity contribution in [1.82, 2.24) is 31.1 Å². The van der Waals surface area contributed by atoms with Crippen molar-refractivity contribution >= 4 is 59.2 Å². The molecule has 1 aromatic rings. The molecule has 22 nitrogen and oxygen atoms in total. The number of amides is 7. The van der Waals surface area contributed by atoms with Gasteiger partial charge in [0.05, 0.1) is 17.9 Å². The van der Waals surface area contributed by atoms with Gasteiger partial charge in [0.2, 0.25) is 29.5 Å². The molecule has 71 heavy (non-hydrogen) atoms. The molecular formula is C49H74N10O12. The van der Waals surface area contributed by atoms with Gasteiger partial charge in [-0.25, -0.2) is 9.59 Å². The molecule has 12 N–H and O–H groups in total. The molecular weight excluding hydrogens is 921 g/mol. The normalized spacial score (nSPS) is 23.6. The number of imide groups is 1. The Morgan fingerprint density at radius 1 is 0.915 bits per heavy atom. The summed E-state index contributed by atoms with van der Waals surface area (Å²) in [7, 11) is 2.79. The SMILES string of the molecule is C=C1C(=O)N[C@H](C)C(=O)NC(CC(C)C)C(=O)NC(C(=O)O)[C@H](C)C(=O)NC(CCCN=C(N)N)C(=O)N(C(=O)C(C)[C@@H](N)C=CC(C)=C[C@H](C)[C@H](Cc2ccccc2)OC)C(C(=O)O)CCC(=O)N1C. The summed E-state index contributed by atoms with van der Waals surface area (Å²) in [5, 5.41) is 30.6. The number of nitrogens with two attached hydrogens (primary N) is 3. The second-order valence-corrected chi connectivity index (χ2v) is 18.3. The Morgan fingerprint density at radius 2 is 1.54 bits per heavy atom. The Bertz CT molecular complexity index is 2180. The average Bonchev–Trinajstić information content (AvgIpc) is 3.31. The number of carbonyl (C=O) groups excluding carboxylic acids is 7. The zero-order valence-electron chi connectivity index (χ0n) is 42.2. The number of benzene rings is 1. The number of likely N-dealkylation sites (N-methyl/N-ethyl adjacent to an activating group) is 1. The van der Waals surface area contributed by atoms with E-state index in [1.165, 1.54) is 27.0 Å². The minimum Gasteiger partial charge on any atom is -0.480 e. The van der Waals surface area contributed by atoms with Crippen molar-refractivity contribution in [3.05, 3.63) is 72.0 Å². The van der Waals surface area contributed by atoms with Gasteiger partial charge in [0.25, 0.3) is 11.8 Å². The number of nitrogens with one attached hydrogen (secondary N) is 4. The summed E-state index contributed by atoms with van der Waals surface area (Å²) < 4.78 is 5.78. The summed E-state index contributed by atoms with van der Waals surface area (Å²) >= 11 is 0. The van der Waals surface area contributed by atoms with Crippen LogP contribution < -0.4 is 38.5 Å². The Hall–Kier alpha value is -6.94.